The predicted octanol–water partition coefficient (Wildman–Crippen LogP) is 2.47. The van der Waals surface area contributed by atoms with E-state index in [-0.39, 0.29) is 0 Å². The second kappa shape index (κ2) is 6.24. The fourth-order valence-corrected chi connectivity index (χ4v) is 2.13. The number of carboxylic acid groups (broad SMARTS) is 1. The van der Waals surface area contributed by atoms with Crippen LogP contribution in [0, 0.1) is 17.8 Å². The summed E-state index contributed by atoms with van der Waals surface area (Å²) in [7, 11) is 0. The zero-order valence-electron chi connectivity index (χ0n) is 10.8. The van der Waals surface area contributed by atoms with Crippen molar-refractivity contribution in [1.29, 1.82) is 0 Å². The van der Waals surface area contributed by atoms with E-state index in [1.165, 1.54) is 13.1 Å². The molecule has 1 rings (SSSR count). The fraction of sp³-hybridized carbons (Fsp3) is 0.923. The van der Waals surface area contributed by atoms with Gasteiger partial charge in [-0.15, -0.1) is 0 Å². The second-order valence-electron chi connectivity index (χ2n) is 5.59. The van der Waals surface area contributed by atoms with Gasteiger partial charge in [-0.3, -0.25) is 4.79 Å². The van der Waals surface area contributed by atoms with Gasteiger partial charge >= 0.3 is 5.97 Å². The minimum absolute atomic E-state index is 0.315. The van der Waals surface area contributed by atoms with Crippen molar-refractivity contribution in [3.8, 4) is 0 Å². The first-order chi connectivity index (χ1) is 7.49. The zero-order valence-corrected chi connectivity index (χ0v) is 10.8. The average molecular weight is 227 g/mol. The summed E-state index contributed by atoms with van der Waals surface area (Å²) in [6, 6.07) is 0. The fourth-order valence-electron chi connectivity index (χ4n) is 2.13. The Balaban J connectivity index is 2.01. The first kappa shape index (κ1) is 13.5. The van der Waals surface area contributed by atoms with E-state index in [4.69, 9.17) is 5.11 Å². The summed E-state index contributed by atoms with van der Waals surface area (Å²) < 4.78 is 0. The third-order valence-corrected chi connectivity index (χ3v) is 3.72. The first-order valence-corrected chi connectivity index (χ1v) is 6.43. The van der Waals surface area contributed by atoms with Gasteiger partial charge in [0.2, 0.25) is 0 Å². The number of likely N-dealkylation sites (tertiary alicyclic amines) is 1. The van der Waals surface area contributed by atoms with Crippen LogP contribution < -0.4 is 0 Å². The Labute approximate surface area is 98.8 Å². The molecule has 16 heavy (non-hydrogen) atoms. The molecule has 1 fully saturated rings. The summed E-state index contributed by atoms with van der Waals surface area (Å²) in [6.07, 6.45) is 2.27. The molecule has 3 nitrogen and oxygen atoms in total. The quantitative estimate of drug-likeness (QED) is 0.726. The Morgan fingerprint density at radius 1 is 1.31 bits per heavy atom. The maximum Gasteiger partial charge on any atom is 0.303 e. The number of aliphatic carboxylic acids is 1. The molecule has 0 aromatic rings. The molecule has 0 spiro atoms. The van der Waals surface area contributed by atoms with Crippen LogP contribution in [0.2, 0.25) is 0 Å². The van der Waals surface area contributed by atoms with Crippen LogP contribution in [0.15, 0.2) is 0 Å². The lowest BCUT2D eigenvalue weighted by atomic mass is 9.88. The minimum Gasteiger partial charge on any atom is -0.481 e. The maximum atomic E-state index is 10.4. The molecule has 3 heteroatoms. The minimum atomic E-state index is -0.671. The van der Waals surface area contributed by atoms with Crippen LogP contribution >= 0.6 is 0 Å². The van der Waals surface area contributed by atoms with Gasteiger partial charge in [-0.25, -0.2) is 0 Å². The Kier molecular flexibility index (Phi) is 5.26. The number of hydrogen-bond donors (Lipinski definition) is 1. The van der Waals surface area contributed by atoms with Gasteiger partial charge in [0.05, 0.1) is 0 Å². The van der Waals surface area contributed by atoms with E-state index in [1.807, 2.05) is 0 Å². The van der Waals surface area contributed by atoms with Crippen molar-refractivity contribution in [3.63, 3.8) is 0 Å². The average Bonchev–Trinajstić information content (AvgIpc) is 2.11. The van der Waals surface area contributed by atoms with Gasteiger partial charge in [-0.05, 0) is 37.1 Å². The lowest BCUT2D eigenvalue weighted by Gasteiger charge is -2.42. The Morgan fingerprint density at radius 2 is 1.94 bits per heavy atom. The van der Waals surface area contributed by atoms with Crippen molar-refractivity contribution >= 4 is 5.97 Å². The summed E-state index contributed by atoms with van der Waals surface area (Å²) in [5.74, 6) is 1.56. The smallest absolute Gasteiger partial charge is 0.303 e. The van der Waals surface area contributed by atoms with Crippen molar-refractivity contribution in [2.75, 3.05) is 19.6 Å². The van der Waals surface area contributed by atoms with E-state index < -0.39 is 5.97 Å². The number of rotatable bonds is 7. The first-order valence-electron chi connectivity index (χ1n) is 6.43. The van der Waals surface area contributed by atoms with Crippen molar-refractivity contribution in [2.45, 2.75) is 40.0 Å². The summed E-state index contributed by atoms with van der Waals surface area (Å²) in [5, 5.41) is 8.58. The Morgan fingerprint density at radius 3 is 2.44 bits per heavy atom. The van der Waals surface area contributed by atoms with Crippen LogP contribution in [0.3, 0.4) is 0 Å². The lowest BCUT2D eigenvalue weighted by Crippen LogP contribution is -2.49. The number of carbonyl (C=O) groups is 1. The lowest BCUT2D eigenvalue weighted by molar-refractivity contribution is -0.137. The van der Waals surface area contributed by atoms with Crippen molar-refractivity contribution in [2.24, 2.45) is 17.8 Å². The van der Waals surface area contributed by atoms with E-state index in [0.29, 0.717) is 12.3 Å². The SMILES string of the molecule is CC(CCC(=O)O)CCN1CC(C(C)C)C1. The van der Waals surface area contributed by atoms with Gasteiger partial charge in [0.15, 0.2) is 0 Å². The largest absolute Gasteiger partial charge is 0.481 e. The van der Waals surface area contributed by atoms with Crippen LogP contribution in [0.25, 0.3) is 0 Å². The van der Waals surface area contributed by atoms with E-state index in [1.54, 1.807) is 0 Å². The predicted molar refractivity (Wildman–Crippen MR) is 65.4 cm³/mol. The molecule has 0 amide bonds. The highest BCUT2D eigenvalue weighted by atomic mass is 16.4. The molecule has 1 heterocycles. The van der Waals surface area contributed by atoms with Gasteiger partial charge < -0.3 is 10.0 Å². The molecular formula is C13H25NO2. The Hall–Kier alpha value is -0.570. The zero-order chi connectivity index (χ0) is 12.1. The molecule has 0 bridgehead atoms. The van der Waals surface area contributed by atoms with Crippen LogP contribution in [-0.4, -0.2) is 35.6 Å². The summed E-state index contributed by atoms with van der Waals surface area (Å²) in [5.41, 5.74) is 0. The number of nitrogens with zero attached hydrogens (tertiary/aromatic N) is 1. The highest BCUT2D eigenvalue weighted by molar-refractivity contribution is 5.66. The number of hydrogen-bond acceptors (Lipinski definition) is 2. The monoisotopic (exact) mass is 227 g/mol. The third kappa shape index (κ3) is 4.52. The van der Waals surface area contributed by atoms with E-state index in [9.17, 15) is 4.79 Å². The molecule has 1 aliphatic heterocycles. The molecule has 0 radical (unpaired) electrons. The van der Waals surface area contributed by atoms with Crippen LogP contribution in [0.5, 0.6) is 0 Å². The van der Waals surface area contributed by atoms with Crippen molar-refractivity contribution in [3.05, 3.63) is 0 Å². The molecule has 1 aliphatic rings. The van der Waals surface area contributed by atoms with E-state index in [2.05, 4.69) is 25.7 Å². The van der Waals surface area contributed by atoms with E-state index >= 15 is 0 Å². The molecule has 1 atom stereocenters. The molecule has 0 aromatic heterocycles. The highest BCUT2D eigenvalue weighted by Crippen LogP contribution is 2.24. The third-order valence-electron chi connectivity index (χ3n) is 3.72. The second-order valence-corrected chi connectivity index (χ2v) is 5.59. The van der Waals surface area contributed by atoms with Gasteiger partial charge in [0.1, 0.15) is 0 Å². The summed E-state index contributed by atoms with van der Waals surface area (Å²) >= 11 is 0. The normalized spacial score (nSPS) is 19.8. The topological polar surface area (TPSA) is 40.5 Å². The maximum absolute atomic E-state index is 10.4. The Bertz CT molecular complexity index is 222. The van der Waals surface area contributed by atoms with Crippen LogP contribution in [0.4, 0.5) is 0 Å². The molecule has 1 saturated heterocycles. The molecule has 1 unspecified atom stereocenters. The van der Waals surface area contributed by atoms with Gasteiger partial charge in [0.25, 0.3) is 0 Å². The summed E-state index contributed by atoms with van der Waals surface area (Å²) in [6.45, 7) is 10.4. The van der Waals surface area contributed by atoms with Gasteiger partial charge in [-0.1, -0.05) is 20.8 Å². The van der Waals surface area contributed by atoms with Crippen molar-refractivity contribution < 1.29 is 9.90 Å². The molecule has 94 valence electrons. The van der Waals surface area contributed by atoms with Crippen LogP contribution in [-0.2, 0) is 4.79 Å². The van der Waals surface area contributed by atoms with Gasteiger partial charge in [-0.2, -0.15) is 0 Å². The van der Waals surface area contributed by atoms with E-state index in [0.717, 1.165) is 31.2 Å². The molecular weight excluding hydrogens is 202 g/mol. The van der Waals surface area contributed by atoms with Crippen molar-refractivity contribution in [1.82, 2.24) is 4.90 Å². The molecule has 0 saturated carbocycles. The number of carboxylic acids is 1. The van der Waals surface area contributed by atoms with Crippen LogP contribution in [0.1, 0.15) is 40.0 Å². The highest BCUT2D eigenvalue weighted by Gasteiger charge is 2.28. The standard InChI is InChI=1S/C13H25NO2/c1-10(2)12-8-14(9-12)7-6-11(3)4-5-13(15)16/h10-12H,4-9H2,1-3H3,(H,15,16). The molecule has 1 N–H and O–H groups in total. The molecule has 0 aromatic carbocycles. The van der Waals surface area contributed by atoms with Gasteiger partial charge in [0, 0.05) is 19.5 Å². The summed E-state index contributed by atoms with van der Waals surface area (Å²) in [4.78, 5) is 12.9. The molecule has 0 aliphatic carbocycles.